The molecule has 0 aliphatic carbocycles. The number of benzene rings is 3. The fourth-order valence-electron chi connectivity index (χ4n) is 2.96. The summed E-state index contributed by atoms with van der Waals surface area (Å²) in [6.45, 7) is 0.560. The summed E-state index contributed by atoms with van der Waals surface area (Å²) in [6, 6.07) is 23.2. The van der Waals surface area contributed by atoms with Crippen molar-refractivity contribution in [2.24, 2.45) is 0 Å². The fraction of sp³-hybridized carbons (Fsp3) is 0.200. The first kappa shape index (κ1) is 19.7. The molecule has 0 spiro atoms. The van der Waals surface area contributed by atoms with Crippen molar-refractivity contribution < 1.29 is 25.5 Å². The zero-order valence-corrected chi connectivity index (χ0v) is 16.5. The maximum atomic E-state index is 11.7. The van der Waals surface area contributed by atoms with Gasteiger partial charge in [0.05, 0.1) is 6.42 Å². The first-order chi connectivity index (χ1) is 15.0. The van der Waals surface area contributed by atoms with E-state index in [1.807, 2.05) is 66.7 Å². The van der Waals surface area contributed by atoms with E-state index in [0.717, 1.165) is 33.6 Å². The Morgan fingerprint density at radius 2 is 1.70 bits per heavy atom. The van der Waals surface area contributed by atoms with Crippen LogP contribution in [-0.2, 0) is 27.5 Å². The molecular weight excluding hydrogens is 380 g/mol. The number of aryl methyl sites for hydroxylation is 1. The maximum Gasteiger partial charge on any atom is 0.306 e. The second-order valence-corrected chi connectivity index (χ2v) is 6.87. The molecule has 5 nitrogen and oxygen atoms in total. The molecule has 0 heterocycles. The summed E-state index contributed by atoms with van der Waals surface area (Å²) in [7, 11) is 0. The summed E-state index contributed by atoms with van der Waals surface area (Å²) in [5.74, 6) is -1.16. The van der Waals surface area contributed by atoms with Crippen LogP contribution in [0.25, 0.3) is 11.1 Å². The number of hydrogen-bond acceptors (Lipinski definition) is 5. The predicted molar refractivity (Wildman–Crippen MR) is 111 cm³/mol. The van der Waals surface area contributed by atoms with Crippen molar-refractivity contribution in [3.8, 4) is 16.9 Å². The molecule has 0 unspecified atom stereocenters. The summed E-state index contributed by atoms with van der Waals surface area (Å²) in [6.07, 6.45) is -0.596. The molecule has 0 N–H and O–H groups in total. The van der Waals surface area contributed by atoms with Crippen LogP contribution in [0.5, 0.6) is 5.75 Å². The van der Waals surface area contributed by atoms with Gasteiger partial charge in [-0.3, -0.25) is 4.79 Å². The molecule has 3 aromatic carbocycles. The highest BCUT2D eigenvalue weighted by molar-refractivity contribution is 5.75. The topological polar surface area (TPSA) is 75.7 Å². The minimum Gasteiger partial charge on any atom is -0.550 e. The zero-order chi connectivity index (χ0) is 22.1. The maximum absolute atomic E-state index is 11.7. The van der Waals surface area contributed by atoms with Crippen molar-refractivity contribution in [1.82, 2.24) is 0 Å². The molecule has 30 heavy (non-hydrogen) atoms. The van der Waals surface area contributed by atoms with Gasteiger partial charge in [0.15, 0.2) is 0 Å². The van der Waals surface area contributed by atoms with Crippen LogP contribution in [0.3, 0.4) is 0 Å². The van der Waals surface area contributed by atoms with Gasteiger partial charge in [-0.25, -0.2) is 0 Å². The Labute approximate surface area is 177 Å². The number of carbonyl (C=O) groups excluding carboxylic acids is 2. The Morgan fingerprint density at radius 3 is 2.47 bits per heavy atom. The van der Waals surface area contributed by atoms with Crippen molar-refractivity contribution in [2.45, 2.75) is 33.0 Å². The Hall–Kier alpha value is -3.60. The van der Waals surface area contributed by atoms with Gasteiger partial charge in [0.25, 0.3) is 0 Å². The van der Waals surface area contributed by atoms with Crippen LogP contribution < -0.4 is 9.84 Å². The second-order valence-electron chi connectivity index (χ2n) is 6.87. The highest BCUT2D eigenvalue weighted by atomic mass is 16.5. The normalized spacial score (nSPS) is 10.9. The largest absolute Gasteiger partial charge is 0.550 e. The number of aliphatic carboxylic acids is 1. The quantitative estimate of drug-likeness (QED) is 0.507. The third-order valence-electron chi connectivity index (χ3n) is 4.40. The van der Waals surface area contributed by atoms with E-state index in [9.17, 15) is 14.7 Å². The lowest BCUT2D eigenvalue weighted by atomic mass is 10.0. The molecule has 0 aliphatic heterocycles. The number of hydrogen-bond donors (Lipinski definition) is 0. The predicted octanol–water partition coefficient (Wildman–Crippen LogP) is 3.81. The molecule has 154 valence electrons. The van der Waals surface area contributed by atoms with Crippen molar-refractivity contribution >= 4 is 11.9 Å². The van der Waals surface area contributed by atoms with E-state index in [1.54, 1.807) is 6.07 Å². The molecule has 0 fully saturated rings. The number of carboxylic acid groups (broad SMARTS) is 1. The van der Waals surface area contributed by atoms with E-state index in [-0.39, 0.29) is 26.3 Å². The number of rotatable bonds is 9. The summed E-state index contributed by atoms with van der Waals surface area (Å²) < 4.78 is 18.8. The molecule has 0 radical (unpaired) electrons. The van der Waals surface area contributed by atoms with Gasteiger partial charge in [0.2, 0.25) is 0 Å². The third-order valence-corrected chi connectivity index (χ3v) is 4.40. The van der Waals surface area contributed by atoms with Crippen LogP contribution in [-0.4, -0.2) is 11.9 Å². The molecule has 0 bridgehead atoms. The highest BCUT2D eigenvalue weighted by Gasteiger charge is 2.07. The van der Waals surface area contributed by atoms with Gasteiger partial charge in [0.1, 0.15) is 19.0 Å². The van der Waals surface area contributed by atoms with Gasteiger partial charge in [-0.05, 0) is 53.8 Å². The molecule has 0 amide bonds. The van der Waals surface area contributed by atoms with Crippen molar-refractivity contribution in [2.75, 3.05) is 0 Å². The summed E-state index contributed by atoms with van der Waals surface area (Å²) in [5, 5.41) is 10.5. The SMILES string of the molecule is [2H]Cc1cc(COC(=O)CCC(=O)[O-])cc(-c2cccc(OCc3ccccc3)c2)c1. The van der Waals surface area contributed by atoms with Crippen LogP contribution >= 0.6 is 0 Å². The van der Waals surface area contributed by atoms with E-state index in [1.165, 1.54) is 0 Å². The number of ether oxygens (including phenoxy) is 2. The van der Waals surface area contributed by atoms with Crippen LogP contribution in [0.4, 0.5) is 0 Å². The van der Waals surface area contributed by atoms with E-state index >= 15 is 0 Å². The molecule has 0 saturated carbocycles. The monoisotopic (exact) mass is 404 g/mol. The average molecular weight is 404 g/mol. The second kappa shape index (κ2) is 10.3. The minimum absolute atomic E-state index is 0.0108. The Kier molecular flexibility index (Phi) is 6.74. The van der Waals surface area contributed by atoms with E-state index in [0.29, 0.717) is 6.61 Å². The fourth-order valence-corrected chi connectivity index (χ4v) is 2.96. The van der Waals surface area contributed by atoms with Gasteiger partial charge in [-0.15, -0.1) is 0 Å². The van der Waals surface area contributed by atoms with Crippen LogP contribution in [0, 0.1) is 6.90 Å². The first-order valence-electron chi connectivity index (χ1n) is 10.3. The Balaban J connectivity index is 1.72. The Bertz CT molecular complexity index is 1030. The van der Waals surface area contributed by atoms with Crippen LogP contribution in [0.2, 0.25) is 0 Å². The lowest BCUT2D eigenvalue weighted by molar-refractivity contribution is -0.305. The lowest BCUT2D eigenvalue weighted by Crippen LogP contribution is -2.23. The van der Waals surface area contributed by atoms with Crippen molar-refractivity contribution in [3.05, 3.63) is 89.5 Å². The summed E-state index contributed by atoms with van der Waals surface area (Å²) in [4.78, 5) is 22.2. The molecule has 3 rings (SSSR count). The van der Waals surface area contributed by atoms with Gasteiger partial charge in [-0.1, -0.05) is 60.2 Å². The summed E-state index contributed by atoms with van der Waals surface area (Å²) >= 11 is 0. The van der Waals surface area contributed by atoms with Crippen molar-refractivity contribution in [3.63, 3.8) is 0 Å². The van der Waals surface area contributed by atoms with Gasteiger partial charge in [-0.2, -0.15) is 0 Å². The van der Waals surface area contributed by atoms with E-state index in [2.05, 4.69) is 0 Å². The highest BCUT2D eigenvalue weighted by Crippen LogP contribution is 2.27. The average Bonchev–Trinajstić information content (AvgIpc) is 2.80. The minimum atomic E-state index is -1.29. The number of carbonyl (C=O) groups is 2. The van der Waals surface area contributed by atoms with Crippen LogP contribution in [0.1, 0.15) is 30.9 Å². The molecule has 0 saturated heterocycles. The van der Waals surface area contributed by atoms with Crippen molar-refractivity contribution in [1.29, 1.82) is 0 Å². The number of carboxylic acids is 1. The molecular formula is C25H23O5-. The number of esters is 1. The molecule has 3 aromatic rings. The molecule has 0 atom stereocenters. The van der Waals surface area contributed by atoms with E-state index < -0.39 is 11.9 Å². The van der Waals surface area contributed by atoms with Crippen LogP contribution in [0.15, 0.2) is 72.8 Å². The lowest BCUT2D eigenvalue weighted by Gasteiger charge is -2.11. The smallest absolute Gasteiger partial charge is 0.306 e. The molecule has 0 aliphatic rings. The van der Waals surface area contributed by atoms with E-state index in [4.69, 9.17) is 10.8 Å². The van der Waals surface area contributed by atoms with Gasteiger partial charge >= 0.3 is 5.97 Å². The molecule has 0 aromatic heterocycles. The third kappa shape index (κ3) is 6.48. The standard InChI is InChI=1S/C25H24O5/c1-18-12-20(17-30-25(28)11-10-24(26)27)14-22(13-18)21-8-5-9-23(15-21)29-16-19-6-3-2-4-7-19/h2-9,12-15H,10-11,16-17H2,1H3,(H,26,27)/p-1/i1D. The molecule has 5 heteroatoms. The summed E-state index contributed by atoms with van der Waals surface area (Å²) in [5.41, 5.74) is 4.40. The van der Waals surface area contributed by atoms with Gasteiger partial charge in [0, 0.05) is 7.34 Å². The first-order valence-corrected chi connectivity index (χ1v) is 9.58. The van der Waals surface area contributed by atoms with Gasteiger partial charge < -0.3 is 19.4 Å². The zero-order valence-electron chi connectivity index (χ0n) is 17.5. The Morgan fingerprint density at radius 1 is 0.867 bits per heavy atom.